The monoisotopic (exact) mass is 272 g/mol. The molecule has 1 aliphatic rings. The van der Waals surface area contributed by atoms with Gasteiger partial charge in [-0.1, -0.05) is 13.8 Å². The van der Waals surface area contributed by atoms with Crippen LogP contribution in [0.5, 0.6) is 0 Å². The predicted molar refractivity (Wildman–Crippen MR) is 75.4 cm³/mol. The molecule has 1 saturated carbocycles. The summed E-state index contributed by atoms with van der Waals surface area (Å²) in [5, 5.41) is 12.8. The lowest BCUT2D eigenvalue weighted by atomic mass is 9.97. The van der Waals surface area contributed by atoms with E-state index in [0.717, 1.165) is 38.9 Å². The van der Waals surface area contributed by atoms with Gasteiger partial charge in [0.2, 0.25) is 0 Å². The van der Waals surface area contributed by atoms with Crippen LogP contribution in [0, 0.1) is 0 Å². The van der Waals surface area contributed by atoms with Crippen molar-refractivity contribution < 1.29 is 14.6 Å². The molecule has 2 atom stereocenters. The van der Waals surface area contributed by atoms with Crippen LogP contribution in [0.3, 0.4) is 0 Å². The SMILES string of the molecule is CCCNC1(C(=O)O)CCC(N(CC)CCOC)C1. The van der Waals surface area contributed by atoms with Crippen LogP contribution < -0.4 is 5.32 Å². The Hall–Kier alpha value is -0.650. The highest BCUT2D eigenvalue weighted by Gasteiger charge is 2.46. The lowest BCUT2D eigenvalue weighted by molar-refractivity contribution is -0.144. The van der Waals surface area contributed by atoms with Crippen LogP contribution in [-0.2, 0) is 9.53 Å². The number of aliphatic carboxylic acids is 1. The molecule has 0 aromatic rings. The summed E-state index contributed by atoms with van der Waals surface area (Å²) in [6.45, 7) is 7.47. The molecule has 1 rings (SSSR count). The number of nitrogens with one attached hydrogen (secondary N) is 1. The van der Waals surface area contributed by atoms with Crippen LogP contribution >= 0.6 is 0 Å². The summed E-state index contributed by atoms with van der Waals surface area (Å²) in [6.07, 6.45) is 3.32. The Morgan fingerprint density at radius 1 is 1.53 bits per heavy atom. The van der Waals surface area contributed by atoms with E-state index in [-0.39, 0.29) is 0 Å². The fraction of sp³-hybridized carbons (Fsp3) is 0.929. The second-order valence-electron chi connectivity index (χ2n) is 5.33. The van der Waals surface area contributed by atoms with E-state index in [1.54, 1.807) is 7.11 Å². The molecular weight excluding hydrogens is 244 g/mol. The number of carboxylic acid groups (broad SMARTS) is 1. The maximum Gasteiger partial charge on any atom is 0.323 e. The summed E-state index contributed by atoms with van der Waals surface area (Å²) in [4.78, 5) is 13.9. The number of ether oxygens (including phenoxy) is 1. The molecule has 1 fully saturated rings. The minimum absolute atomic E-state index is 0.348. The molecule has 0 aromatic carbocycles. The second-order valence-corrected chi connectivity index (χ2v) is 5.33. The van der Waals surface area contributed by atoms with Gasteiger partial charge in [-0.3, -0.25) is 9.69 Å². The molecule has 2 unspecified atom stereocenters. The number of nitrogens with zero attached hydrogens (tertiary/aromatic N) is 1. The quantitative estimate of drug-likeness (QED) is 0.663. The zero-order valence-electron chi connectivity index (χ0n) is 12.4. The number of carbonyl (C=O) groups is 1. The smallest absolute Gasteiger partial charge is 0.323 e. The van der Waals surface area contributed by atoms with Crippen LogP contribution in [0.15, 0.2) is 0 Å². The fourth-order valence-corrected chi connectivity index (χ4v) is 2.93. The van der Waals surface area contributed by atoms with E-state index in [0.29, 0.717) is 19.1 Å². The molecule has 1 aliphatic carbocycles. The molecule has 0 heterocycles. The van der Waals surface area contributed by atoms with Gasteiger partial charge < -0.3 is 15.2 Å². The summed E-state index contributed by atoms with van der Waals surface area (Å²) >= 11 is 0. The number of likely N-dealkylation sites (N-methyl/N-ethyl adjacent to an activating group) is 1. The van der Waals surface area contributed by atoms with E-state index in [9.17, 15) is 9.90 Å². The predicted octanol–water partition coefficient (Wildman–Crippen LogP) is 1.33. The number of hydrogen-bond acceptors (Lipinski definition) is 4. The van der Waals surface area contributed by atoms with E-state index < -0.39 is 11.5 Å². The highest BCUT2D eigenvalue weighted by molar-refractivity contribution is 5.79. The van der Waals surface area contributed by atoms with Crippen molar-refractivity contribution in [1.82, 2.24) is 10.2 Å². The van der Waals surface area contributed by atoms with Gasteiger partial charge in [-0.05, 0) is 38.8 Å². The van der Waals surface area contributed by atoms with Crippen LogP contribution in [0.25, 0.3) is 0 Å². The van der Waals surface area contributed by atoms with Crippen molar-refractivity contribution in [2.45, 2.75) is 51.1 Å². The zero-order chi connectivity index (χ0) is 14.3. The number of hydrogen-bond donors (Lipinski definition) is 2. The second kappa shape index (κ2) is 7.82. The Bertz CT molecular complexity index is 286. The summed E-state index contributed by atoms with van der Waals surface area (Å²) in [5.74, 6) is -0.703. The van der Waals surface area contributed by atoms with E-state index in [1.165, 1.54) is 0 Å². The molecule has 0 amide bonds. The zero-order valence-corrected chi connectivity index (χ0v) is 12.4. The highest BCUT2D eigenvalue weighted by Crippen LogP contribution is 2.33. The molecule has 0 aromatic heterocycles. The van der Waals surface area contributed by atoms with Gasteiger partial charge in [0, 0.05) is 19.7 Å². The van der Waals surface area contributed by atoms with E-state index in [4.69, 9.17) is 4.74 Å². The van der Waals surface area contributed by atoms with Crippen molar-refractivity contribution in [3.05, 3.63) is 0 Å². The Morgan fingerprint density at radius 2 is 2.26 bits per heavy atom. The average molecular weight is 272 g/mol. The van der Waals surface area contributed by atoms with Gasteiger partial charge >= 0.3 is 5.97 Å². The minimum Gasteiger partial charge on any atom is -0.480 e. The normalized spacial score (nSPS) is 27.1. The van der Waals surface area contributed by atoms with Crippen LogP contribution in [0.4, 0.5) is 0 Å². The van der Waals surface area contributed by atoms with Crippen LogP contribution in [-0.4, -0.2) is 60.9 Å². The first kappa shape index (κ1) is 16.4. The molecule has 0 radical (unpaired) electrons. The van der Waals surface area contributed by atoms with E-state index in [2.05, 4.69) is 24.1 Å². The number of carboxylic acids is 1. The summed E-state index contributed by atoms with van der Waals surface area (Å²) in [5.41, 5.74) is -0.721. The van der Waals surface area contributed by atoms with E-state index in [1.807, 2.05) is 0 Å². The van der Waals surface area contributed by atoms with Crippen LogP contribution in [0.1, 0.15) is 39.5 Å². The molecule has 112 valence electrons. The first-order valence-electron chi connectivity index (χ1n) is 7.31. The third-order valence-electron chi connectivity index (χ3n) is 4.12. The van der Waals surface area contributed by atoms with Gasteiger partial charge in [0.25, 0.3) is 0 Å². The third kappa shape index (κ3) is 4.16. The fourth-order valence-electron chi connectivity index (χ4n) is 2.93. The van der Waals surface area contributed by atoms with Crippen LogP contribution in [0.2, 0.25) is 0 Å². The van der Waals surface area contributed by atoms with Crippen molar-refractivity contribution >= 4 is 5.97 Å². The van der Waals surface area contributed by atoms with Crippen molar-refractivity contribution in [3.63, 3.8) is 0 Å². The first-order valence-corrected chi connectivity index (χ1v) is 7.31. The Kier molecular flexibility index (Phi) is 6.75. The van der Waals surface area contributed by atoms with Gasteiger partial charge in [-0.2, -0.15) is 0 Å². The molecule has 5 heteroatoms. The maximum absolute atomic E-state index is 11.6. The summed E-state index contributed by atoms with van der Waals surface area (Å²) < 4.78 is 5.12. The molecule has 0 saturated heterocycles. The first-order chi connectivity index (χ1) is 9.09. The largest absolute Gasteiger partial charge is 0.480 e. The lowest BCUT2D eigenvalue weighted by Gasteiger charge is -2.30. The minimum atomic E-state index is -0.721. The molecular formula is C14H28N2O3. The molecule has 2 N–H and O–H groups in total. The van der Waals surface area contributed by atoms with E-state index >= 15 is 0 Å². The van der Waals surface area contributed by atoms with Crippen molar-refractivity contribution in [3.8, 4) is 0 Å². The van der Waals surface area contributed by atoms with Crippen molar-refractivity contribution in [2.75, 3.05) is 33.4 Å². The number of rotatable bonds is 9. The molecule has 0 spiro atoms. The Labute approximate surface area is 116 Å². The van der Waals surface area contributed by atoms with Crippen molar-refractivity contribution in [2.24, 2.45) is 0 Å². The number of methoxy groups -OCH3 is 1. The molecule has 19 heavy (non-hydrogen) atoms. The Morgan fingerprint density at radius 3 is 2.79 bits per heavy atom. The molecule has 5 nitrogen and oxygen atoms in total. The van der Waals surface area contributed by atoms with Gasteiger partial charge in [0.15, 0.2) is 0 Å². The Balaban J connectivity index is 2.63. The molecule has 0 aliphatic heterocycles. The topological polar surface area (TPSA) is 61.8 Å². The lowest BCUT2D eigenvalue weighted by Crippen LogP contribution is -2.51. The molecule has 0 bridgehead atoms. The van der Waals surface area contributed by atoms with Crippen molar-refractivity contribution in [1.29, 1.82) is 0 Å². The summed E-state index contributed by atoms with van der Waals surface area (Å²) in [7, 11) is 1.70. The summed E-state index contributed by atoms with van der Waals surface area (Å²) in [6, 6.07) is 0.348. The maximum atomic E-state index is 11.6. The average Bonchev–Trinajstić information content (AvgIpc) is 2.83. The standard InChI is InChI=1S/C14H28N2O3/c1-4-8-15-14(13(17)18)7-6-12(11-14)16(5-2)9-10-19-3/h12,15H,4-11H2,1-3H3,(H,17,18). The van der Waals surface area contributed by atoms with Gasteiger partial charge in [0.05, 0.1) is 6.61 Å². The third-order valence-corrected chi connectivity index (χ3v) is 4.12. The van der Waals surface area contributed by atoms with Gasteiger partial charge in [-0.25, -0.2) is 0 Å². The van der Waals surface area contributed by atoms with Gasteiger partial charge in [0.1, 0.15) is 5.54 Å². The highest BCUT2D eigenvalue weighted by atomic mass is 16.5. The van der Waals surface area contributed by atoms with Gasteiger partial charge in [-0.15, -0.1) is 0 Å².